The van der Waals surface area contributed by atoms with E-state index in [2.05, 4.69) is 17.0 Å². The van der Waals surface area contributed by atoms with Gasteiger partial charge in [0.2, 0.25) is 0 Å². The van der Waals surface area contributed by atoms with Crippen LogP contribution in [-0.4, -0.2) is 42.2 Å². The normalized spacial score (nSPS) is 15.4. The molecule has 0 spiro atoms. The van der Waals surface area contributed by atoms with Gasteiger partial charge in [0.25, 0.3) is 5.91 Å². The Morgan fingerprint density at radius 2 is 1.74 bits per heavy atom. The number of carbonyl (C=O) groups excluding carboxylic acids is 1. The Balaban J connectivity index is 1.50. The number of likely N-dealkylation sites (tertiary alicyclic amines) is 1. The Morgan fingerprint density at radius 1 is 1.09 bits per heavy atom. The summed E-state index contributed by atoms with van der Waals surface area (Å²) in [4.78, 5) is 14.2. The number of rotatable bonds is 5. The third kappa shape index (κ3) is 3.67. The van der Waals surface area contributed by atoms with Crippen LogP contribution in [0.4, 0.5) is 0 Å². The number of hydrogen-bond donors (Lipinski definition) is 0. The van der Waals surface area contributed by atoms with Crippen molar-refractivity contribution in [2.24, 2.45) is 0 Å². The van der Waals surface area contributed by atoms with Crippen LogP contribution in [0.15, 0.2) is 48.8 Å². The number of hydrogen-bond acceptors (Lipinski definition) is 3. The molecule has 1 saturated heterocycles. The molecule has 3 rings (SSSR count). The lowest BCUT2D eigenvalue weighted by molar-refractivity contribution is -0.134. The fourth-order valence-electron chi connectivity index (χ4n) is 2.97. The van der Waals surface area contributed by atoms with Crippen LogP contribution in [0, 0.1) is 0 Å². The molecular formula is C18H22N2O3. The predicted octanol–water partition coefficient (Wildman–Crippen LogP) is 2.74. The summed E-state index contributed by atoms with van der Waals surface area (Å²) < 4.78 is 13.1. The van der Waals surface area contributed by atoms with Crippen LogP contribution in [0.25, 0.3) is 0 Å². The summed E-state index contributed by atoms with van der Waals surface area (Å²) in [6.07, 6.45) is 6.14. The Kier molecular flexibility index (Phi) is 4.86. The molecule has 23 heavy (non-hydrogen) atoms. The summed E-state index contributed by atoms with van der Waals surface area (Å²) in [7, 11) is 1.59. The molecule has 0 atom stereocenters. The maximum Gasteiger partial charge on any atom is 0.260 e. The van der Waals surface area contributed by atoms with Crippen molar-refractivity contribution in [3.8, 4) is 11.5 Å². The molecule has 1 aromatic heterocycles. The van der Waals surface area contributed by atoms with Crippen molar-refractivity contribution in [2.75, 3.05) is 26.8 Å². The predicted molar refractivity (Wildman–Crippen MR) is 87.8 cm³/mol. The first-order valence-electron chi connectivity index (χ1n) is 7.94. The van der Waals surface area contributed by atoms with E-state index in [0.29, 0.717) is 17.5 Å². The number of benzene rings is 1. The molecule has 0 N–H and O–H groups in total. The molecule has 0 aliphatic carbocycles. The van der Waals surface area contributed by atoms with E-state index < -0.39 is 0 Å². The molecule has 0 radical (unpaired) electrons. The van der Waals surface area contributed by atoms with Crippen LogP contribution in [0.5, 0.6) is 11.5 Å². The van der Waals surface area contributed by atoms with Gasteiger partial charge in [-0.3, -0.25) is 4.79 Å². The third-order valence-electron chi connectivity index (χ3n) is 4.29. The highest BCUT2D eigenvalue weighted by Gasteiger charge is 2.23. The first-order valence-corrected chi connectivity index (χ1v) is 7.94. The van der Waals surface area contributed by atoms with Crippen molar-refractivity contribution in [1.82, 2.24) is 9.47 Å². The van der Waals surface area contributed by atoms with Crippen LogP contribution in [0.1, 0.15) is 18.9 Å². The number of ether oxygens (including phenoxy) is 2. The van der Waals surface area contributed by atoms with E-state index in [1.165, 1.54) is 0 Å². The van der Waals surface area contributed by atoms with E-state index >= 15 is 0 Å². The Bertz CT molecular complexity index is 631. The molecule has 1 amide bonds. The number of methoxy groups -OCH3 is 1. The maximum atomic E-state index is 12.3. The van der Waals surface area contributed by atoms with Crippen molar-refractivity contribution in [1.29, 1.82) is 0 Å². The number of nitrogens with zero attached hydrogens (tertiary/aromatic N) is 2. The molecule has 1 aliphatic heterocycles. The molecular weight excluding hydrogens is 292 g/mol. The minimum atomic E-state index is 0.0295. The molecule has 5 nitrogen and oxygen atoms in total. The average molecular weight is 314 g/mol. The quantitative estimate of drug-likeness (QED) is 0.852. The number of para-hydroxylation sites is 2. The standard InChI is InChI=1S/C18H22N2O3/c1-22-16-6-2-3-7-17(16)23-14-18(21)20-12-8-15(9-13-20)19-10-4-5-11-19/h2-7,10-11,15H,8-9,12-14H2,1H3. The van der Waals surface area contributed by atoms with Gasteiger partial charge in [0.1, 0.15) is 0 Å². The summed E-state index contributed by atoms with van der Waals surface area (Å²) in [6.45, 7) is 1.60. The van der Waals surface area contributed by atoms with E-state index in [9.17, 15) is 4.79 Å². The minimum absolute atomic E-state index is 0.0295. The zero-order chi connectivity index (χ0) is 16.1. The smallest absolute Gasteiger partial charge is 0.260 e. The highest BCUT2D eigenvalue weighted by atomic mass is 16.5. The summed E-state index contributed by atoms with van der Waals surface area (Å²) in [5, 5.41) is 0. The zero-order valence-corrected chi connectivity index (χ0v) is 13.4. The van der Waals surface area contributed by atoms with Crippen molar-refractivity contribution < 1.29 is 14.3 Å². The monoisotopic (exact) mass is 314 g/mol. The Hall–Kier alpha value is -2.43. The lowest BCUT2D eigenvalue weighted by atomic mass is 10.1. The summed E-state index contributed by atoms with van der Waals surface area (Å²) >= 11 is 0. The fourth-order valence-corrected chi connectivity index (χ4v) is 2.97. The second-order valence-corrected chi connectivity index (χ2v) is 5.68. The average Bonchev–Trinajstić information content (AvgIpc) is 3.14. The van der Waals surface area contributed by atoms with Gasteiger partial charge >= 0.3 is 0 Å². The topological polar surface area (TPSA) is 43.7 Å². The molecule has 2 heterocycles. The first kappa shape index (κ1) is 15.5. The van der Waals surface area contributed by atoms with Gasteiger partial charge in [-0.1, -0.05) is 12.1 Å². The summed E-state index contributed by atoms with van der Waals surface area (Å²) in [5.41, 5.74) is 0. The number of amides is 1. The molecule has 0 saturated carbocycles. The summed E-state index contributed by atoms with van der Waals surface area (Å²) in [6, 6.07) is 11.9. The number of piperidine rings is 1. The van der Waals surface area contributed by atoms with Gasteiger partial charge < -0.3 is 18.9 Å². The van der Waals surface area contributed by atoms with Crippen LogP contribution in [0.3, 0.4) is 0 Å². The lowest BCUT2D eigenvalue weighted by Gasteiger charge is -2.32. The van der Waals surface area contributed by atoms with Gasteiger partial charge in [-0.2, -0.15) is 0 Å². The highest BCUT2D eigenvalue weighted by molar-refractivity contribution is 5.78. The second kappa shape index (κ2) is 7.22. The number of carbonyl (C=O) groups is 1. The molecule has 1 aliphatic rings. The minimum Gasteiger partial charge on any atom is -0.493 e. The fraction of sp³-hybridized carbons (Fsp3) is 0.389. The molecule has 122 valence electrons. The van der Waals surface area contributed by atoms with Gasteiger partial charge in [-0.25, -0.2) is 0 Å². The van der Waals surface area contributed by atoms with Crippen molar-refractivity contribution in [3.63, 3.8) is 0 Å². The third-order valence-corrected chi connectivity index (χ3v) is 4.29. The largest absolute Gasteiger partial charge is 0.493 e. The van der Waals surface area contributed by atoms with E-state index in [4.69, 9.17) is 9.47 Å². The second-order valence-electron chi connectivity index (χ2n) is 5.68. The van der Waals surface area contributed by atoms with Crippen molar-refractivity contribution in [2.45, 2.75) is 18.9 Å². The van der Waals surface area contributed by atoms with Gasteiger partial charge in [0, 0.05) is 31.5 Å². The van der Waals surface area contributed by atoms with E-state index in [1.807, 2.05) is 41.3 Å². The summed E-state index contributed by atoms with van der Waals surface area (Å²) in [5.74, 6) is 1.28. The van der Waals surface area contributed by atoms with Crippen molar-refractivity contribution in [3.05, 3.63) is 48.8 Å². The number of aromatic nitrogens is 1. The van der Waals surface area contributed by atoms with Gasteiger partial charge in [-0.15, -0.1) is 0 Å². The molecule has 0 unspecified atom stereocenters. The van der Waals surface area contributed by atoms with Gasteiger partial charge in [-0.05, 0) is 37.1 Å². The molecule has 2 aromatic rings. The van der Waals surface area contributed by atoms with Crippen LogP contribution in [-0.2, 0) is 4.79 Å². The lowest BCUT2D eigenvalue weighted by Crippen LogP contribution is -2.41. The first-order chi connectivity index (χ1) is 11.3. The van der Waals surface area contributed by atoms with Crippen LogP contribution in [0.2, 0.25) is 0 Å². The molecule has 1 fully saturated rings. The Labute approximate surface area is 136 Å². The van der Waals surface area contributed by atoms with Gasteiger partial charge in [0.15, 0.2) is 18.1 Å². The van der Waals surface area contributed by atoms with Crippen LogP contribution >= 0.6 is 0 Å². The maximum absolute atomic E-state index is 12.3. The van der Waals surface area contributed by atoms with Crippen molar-refractivity contribution >= 4 is 5.91 Å². The van der Waals surface area contributed by atoms with E-state index in [0.717, 1.165) is 25.9 Å². The van der Waals surface area contributed by atoms with E-state index in [-0.39, 0.29) is 12.5 Å². The van der Waals surface area contributed by atoms with Gasteiger partial charge in [0.05, 0.1) is 7.11 Å². The molecule has 1 aromatic carbocycles. The molecule has 5 heteroatoms. The molecule has 0 bridgehead atoms. The highest BCUT2D eigenvalue weighted by Crippen LogP contribution is 2.26. The van der Waals surface area contributed by atoms with Crippen LogP contribution < -0.4 is 9.47 Å². The zero-order valence-electron chi connectivity index (χ0n) is 13.4. The SMILES string of the molecule is COc1ccccc1OCC(=O)N1CCC(n2cccc2)CC1. The van der Waals surface area contributed by atoms with E-state index in [1.54, 1.807) is 7.11 Å². The Morgan fingerprint density at radius 3 is 2.39 bits per heavy atom.